The number of anilines is 2. The minimum atomic E-state index is -0.235. The third kappa shape index (κ3) is 6.41. The van der Waals surface area contributed by atoms with Crippen LogP contribution in [0.5, 0.6) is 5.75 Å². The van der Waals surface area contributed by atoms with E-state index in [4.69, 9.17) is 16.3 Å². The van der Waals surface area contributed by atoms with E-state index >= 15 is 0 Å². The highest BCUT2D eigenvalue weighted by molar-refractivity contribution is 6.34. The molecule has 0 spiro atoms. The smallest absolute Gasteiger partial charge is 0.255 e. The van der Waals surface area contributed by atoms with Gasteiger partial charge < -0.3 is 19.9 Å². The maximum absolute atomic E-state index is 13.1. The number of para-hydroxylation sites is 1. The third-order valence-corrected chi connectivity index (χ3v) is 7.09. The van der Waals surface area contributed by atoms with Gasteiger partial charge in [0.2, 0.25) is 0 Å². The second-order valence-electron chi connectivity index (χ2n) is 9.53. The standard InChI is InChI=1S/C32H30ClN3O3/c1-23-10-12-26(13-11-23)32(38)36-20-18-35(19-21-36)30-28(33)8-5-9-29(30)34-31(37)25-14-16-27(17-15-25)39-22-24-6-3-2-4-7-24/h2-17H,18-22H2,1H3,(H,34,37). The molecule has 5 rings (SSSR count). The first kappa shape index (κ1) is 26.3. The Labute approximate surface area is 233 Å². The van der Waals surface area contributed by atoms with E-state index in [-0.39, 0.29) is 11.8 Å². The van der Waals surface area contributed by atoms with E-state index < -0.39 is 0 Å². The molecule has 0 saturated carbocycles. The zero-order valence-electron chi connectivity index (χ0n) is 21.8. The van der Waals surface area contributed by atoms with Gasteiger partial charge in [-0.3, -0.25) is 9.59 Å². The maximum atomic E-state index is 13.1. The van der Waals surface area contributed by atoms with Crippen molar-refractivity contribution in [2.75, 3.05) is 36.4 Å². The van der Waals surface area contributed by atoms with Gasteiger partial charge in [-0.2, -0.15) is 0 Å². The van der Waals surface area contributed by atoms with Gasteiger partial charge in [0, 0.05) is 37.3 Å². The SMILES string of the molecule is Cc1ccc(C(=O)N2CCN(c3c(Cl)cccc3NC(=O)c3ccc(OCc4ccccc4)cc3)CC2)cc1. The summed E-state index contributed by atoms with van der Waals surface area (Å²) in [6.45, 7) is 4.81. The molecule has 1 N–H and O–H groups in total. The summed E-state index contributed by atoms with van der Waals surface area (Å²) in [4.78, 5) is 30.0. The van der Waals surface area contributed by atoms with Crippen LogP contribution in [0.4, 0.5) is 11.4 Å². The Hall–Kier alpha value is -4.29. The molecule has 0 aliphatic carbocycles. The monoisotopic (exact) mass is 539 g/mol. The van der Waals surface area contributed by atoms with Crippen LogP contribution in [0.1, 0.15) is 31.8 Å². The summed E-state index contributed by atoms with van der Waals surface area (Å²) in [6, 6.07) is 30.1. The molecule has 1 aliphatic heterocycles. The Morgan fingerprint density at radius 3 is 2.15 bits per heavy atom. The Morgan fingerprint density at radius 2 is 1.46 bits per heavy atom. The first-order chi connectivity index (χ1) is 19.0. The Kier molecular flexibility index (Phi) is 8.13. The molecule has 1 heterocycles. The van der Waals surface area contributed by atoms with Crippen LogP contribution in [-0.2, 0) is 6.61 Å². The fourth-order valence-electron chi connectivity index (χ4n) is 4.59. The van der Waals surface area contributed by atoms with Crippen LogP contribution in [0.25, 0.3) is 0 Å². The molecule has 2 amide bonds. The number of ether oxygens (including phenoxy) is 1. The minimum Gasteiger partial charge on any atom is -0.489 e. The van der Waals surface area contributed by atoms with Crippen molar-refractivity contribution in [3.05, 3.63) is 124 Å². The first-order valence-corrected chi connectivity index (χ1v) is 13.3. The van der Waals surface area contributed by atoms with Crippen LogP contribution in [0.2, 0.25) is 5.02 Å². The number of hydrogen-bond donors (Lipinski definition) is 1. The van der Waals surface area contributed by atoms with E-state index in [1.807, 2.05) is 84.6 Å². The van der Waals surface area contributed by atoms with Crippen LogP contribution in [0, 0.1) is 6.92 Å². The molecule has 0 atom stereocenters. The van der Waals surface area contributed by atoms with Crippen molar-refractivity contribution >= 4 is 34.8 Å². The summed E-state index contributed by atoms with van der Waals surface area (Å²) < 4.78 is 5.83. The lowest BCUT2D eigenvalue weighted by molar-refractivity contribution is 0.0746. The summed E-state index contributed by atoms with van der Waals surface area (Å²) >= 11 is 6.62. The lowest BCUT2D eigenvalue weighted by atomic mass is 10.1. The van der Waals surface area contributed by atoms with Crippen LogP contribution >= 0.6 is 11.6 Å². The third-order valence-electron chi connectivity index (χ3n) is 6.78. The summed E-state index contributed by atoms with van der Waals surface area (Å²) in [7, 11) is 0. The van der Waals surface area contributed by atoms with E-state index in [9.17, 15) is 9.59 Å². The van der Waals surface area contributed by atoms with Gasteiger partial charge in [-0.05, 0) is 61.0 Å². The zero-order valence-corrected chi connectivity index (χ0v) is 22.5. The molecule has 1 aliphatic rings. The van der Waals surface area contributed by atoms with Crippen LogP contribution in [0.3, 0.4) is 0 Å². The Bertz CT molecular complexity index is 1430. The highest BCUT2D eigenvalue weighted by atomic mass is 35.5. The number of benzene rings is 4. The second-order valence-corrected chi connectivity index (χ2v) is 9.94. The fourth-order valence-corrected chi connectivity index (χ4v) is 4.88. The number of carbonyl (C=O) groups is 2. The predicted molar refractivity (Wildman–Crippen MR) is 156 cm³/mol. The van der Waals surface area contributed by atoms with E-state index in [0.29, 0.717) is 60.4 Å². The first-order valence-electron chi connectivity index (χ1n) is 13.0. The van der Waals surface area contributed by atoms with Crippen LogP contribution in [-0.4, -0.2) is 42.9 Å². The molecule has 1 saturated heterocycles. The van der Waals surface area contributed by atoms with Gasteiger partial charge in [-0.25, -0.2) is 0 Å². The summed E-state index contributed by atoms with van der Waals surface area (Å²) in [6.07, 6.45) is 0. The molecule has 0 aromatic heterocycles. The van der Waals surface area contributed by atoms with E-state index in [1.165, 1.54) is 0 Å². The molecule has 0 unspecified atom stereocenters. The average Bonchev–Trinajstić information content (AvgIpc) is 2.97. The van der Waals surface area contributed by atoms with Gasteiger partial charge >= 0.3 is 0 Å². The van der Waals surface area contributed by atoms with Crippen molar-refractivity contribution in [3.63, 3.8) is 0 Å². The van der Waals surface area contributed by atoms with Gasteiger partial charge in [0.05, 0.1) is 16.4 Å². The summed E-state index contributed by atoms with van der Waals surface area (Å²) in [5.74, 6) is 0.483. The molecular weight excluding hydrogens is 510 g/mol. The number of hydrogen-bond acceptors (Lipinski definition) is 4. The minimum absolute atomic E-state index is 0.0264. The number of nitrogens with zero attached hydrogens (tertiary/aromatic N) is 2. The molecule has 7 heteroatoms. The molecule has 1 fully saturated rings. The maximum Gasteiger partial charge on any atom is 0.255 e. The largest absolute Gasteiger partial charge is 0.489 e. The number of amides is 2. The number of aryl methyl sites for hydroxylation is 1. The van der Waals surface area contributed by atoms with Crippen LogP contribution in [0.15, 0.2) is 97.1 Å². The number of piperazine rings is 1. The van der Waals surface area contributed by atoms with Crippen molar-refractivity contribution in [3.8, 4) is 5.75 Å². The lowest BCUT2D eigenvalue weighted by Crippen LogP contribution is -2.49. The van der Waals surface area contributed by atoms with Crippen molar-refractivity contribution < 1.29 is 14.3 Å². The Morgan fingerprint density at radius 1 is 0.795 bits per heavy atom. The topological polar surface area (TPSA) is 61.9 Å². The van der Waals surface area contributed by atoms with E-state index in [0.717, 1.165) is 16.8 Å². The van der Waals surface area contributed by atoms with Crippen molar-refractivity contribution in [2.45, 2.75) is 13.5 Å². The van der Waals surface area contributed by atoms with E-state index in [2.05, 4.69) is 10.2 Å². The molecule has 0 radical (unpaired) electrons. The molecule has 39 heavy (non-hydrogen) atoms. The average molecular weight is 540 g/mol. The van der Waals surface area contributed by atoms with Crippen molar-refractivity contribution in [1.29, 1.82) is 0 Å². The molecule has 4 aromatic carbocycles. The summed E-state index contributed by atoms with van der Waals surface area (Å²) in [5, 5.41) is 3.57. The highest BCUT2D eigenvalue weighted by Gasteiger charge is 2.25. The van der Waals surface area contributed by atoms with Gasteiger partial charge in [-0.15, -0.1) is 0 Å². The number of nitrogens with one attached hydrogen (secondary N) is 1. The van der Waals surface area contributed by atoms with Gasteiger partial charge in [0.25, 0.3) is 11.8 Å². The predicted octanol–water partition coefficient (Wildman–Crippen LogP) is 6.44. The van der Waals surface area contributed by atoms with Crippen molar-refractivity contribution in [1.82, 2.24) is 4.90 Å². The quantitative estimate of drug-likeness (QED) is 0.293. The van der Waals surface area contributed by atoms with Gasteiger partial charge in [-0.1, -0.05) is 65.7 Å². The fraction of sp³-hybridized carbons (Fsp3) is 0.188. The van der Waals surface area contributed by atoms with Gasteiger partial charge in [0.15, 0.2) is 0 Å². The number of rotatable bonds is 7. The molecule has 0 bridgehead atoms. The summed E-state index contributed by atoms with van der Waals surface area (Å²) in [5.41, 5.74) is 4.80. The van der Waals surface area contributed by atoms with Gasteiger partial charge in [0.1, 0.15) is 12.4 Å². The van der Waals surface area contributed by atoms with Crippen molar-refractivity contribution in [2.24, 2.45) is 0 Å². The molecular formula is C32H30ClN3O3. The number of carbonyl (C=O) groups excluding carboxylic acids is 2. The molecule has 4 aromatic rings. The van der Waals surface area contributed by atoms with Crippen LogP contribution < -0.4 is 15.0 Å². The number of halogens is 1. The lowest BCUT2D eigenvalue weighted by Gasteiger charge is -2.37. The normalized spacial score (nSPS) is 13.2. The Balaban J connectivity index is 1.22. The molecule has 6 nitrogen and oxygen atoms in total. The second kappa shape index (κ2) is 12.0. The highest BCUT2D eigenvalue weighted by Crippen LogP contribution is 2.35. The zero-order chi connectivity index (χ0) is 27.2. The molecule has 198 valence electrons. The van der Waals surface area contributed by atoms with E-state index in [1.54, 1.807) is 24.3 Å².